The Kier molecular flexibility index (Phi) is 3.26. The minimum absolute atomic E-state index is 0.0302. The van der Waals surface area contributed by atoms with Crippen molar-refractivity contribution in [2.24, 2.45) is 7.05 Å². The zero-order chi connectivity index (χ0) is 15.2. The second-order valence-electron chi connectivity index (χ2n) is 6.23. The molecule has 1 aliphatic carbocycles. The lowest BCUT2D eigenvalue weighted by Crippen LogP contribution is -2.66. The van der Waals surface area contributed by atoms with E-state index in [1.54, 1.807) is 9.58 Å². The standard InChI is InChI=1S/C15H22N4O2/c1-4-13(20)19-8-7-15(19,2)14(21)16-12-9-11(10-5-6-10)17-18(12)3/h9-10H,4-8H2,1-3H3,(H,16,21). The van der Waals surface area contributed by atoms with Gasteiger partial charge in [-0.1, -0.05) is 6.92 Å². The topological polar surface area (TPSA) is 67.2 Å². The monoisotopic (exact) mass is 290 g/mol. The Morgan fingerprint density at radius 2 is 2.19 bits per heavy atom. The maximum Gasteiger partial charge on any atom is 0.251 e. The Morgan fingerprint density at radius 1 is 1.48 bits per heavy atom. The Labute approximate surface area is 124 Å². The van der Waals surface area contributed by atoms with E-state index < -0.39 is 5.54 Å². The highest BCUT2D eigenvalue weighted by Crippen LogP contribution is 2.40. The quantitative estimate of drug-likeness (QED) is 0.916. The van der Waals surface area contributed by atoms with Crippen molar-refractivity contribution in [2.75, 3.05) is 11.9 Å². The molecule has 1 N–H and O–H groups in total. The van der Waals surface area contributed by atoms with Crippen molar-refractivity contribution < 1.29 is 9.59 Å². The summed E-state index contributed by atoms with van der Waals surface area (Å²) in [5.41, 5.74) is 0.324. The van der Waals surface area contributed by atoms with Gasteiger partial charge in [-0.25, -0.2) is 0 Å². The van der Waals surface area contributed by atoms with Crippen molar-refractivity contribution in [3.05, 3.63) is 11.8 Å². The van der Waals surface area contributed by atoms with E-state index in [2.05, 4.69) is 10.4 Å². The number of likely N-dealkylation sites (tertiary alicyclic amines) is 1. The maximum absolute atomic E-state index is 12.5. The molecule has 0 bridgehead atoms. The molecule has 1 saturated heterocycles. The highest BCUT2D eigenvalue weighted by molar-refractivity contribution is 6.00. The third kappa shape index (κ3) is 2.32. The lowest BCUT2D eigenvalue weighted by Gasteiger charge is -2.49. The first kappa shape index (κ1) is 14.1. The van der Waals surface area contributed by atoms with Crippen molar-refractivity contribution in [3.8, 4) is 0 Å². The largest absolute Gasteiger partial charge is 0.328 e. The first-order valence-corrected chi connectivity index (χ1v) is 7.61. The molecule has 0 spiro atoms. The van der Waals surface area contributed by atoms with Crippen LogP contribution in [-0.4, -0.2) is 38.6 Å². The van der Waals surface area contributed by atoms with Gasteiger partial charge in [0.05, 0.1) is 5.69 Å². The van der Waals surface area contributed by atoms with Crippen LogP contribution in [0.5, 0.6) is 0 Å². The first-order chi connectivity index (χ1) is 9.95. The van der Waals surface area contributed by atoms with E-state index in [1.165, 1.54) is 12.8 Å². The molecule has 0 radical (unpaired) electrons. The summed E-state index contributed by atoms with van der Waals surface area (Å²) in [7, 11) is 1.83. The summed E-state index contributed by atoms with van der Waals surface area (Å²) in [5.74, 6) is 1.17. The van der Waals surface area contributed by atoms with E-state index in [0.29, 0.717) is 31.1 Å². The van der Waals surface area contributed by atoms with Crippen molar-refractivity contribution in [3.63, 3.8) is 0 Å². The molecule has 1 aromatic rings. The number of aryl methyl sites for hydroxylation is 1. The van der Waals surface area contributed by atoms with Crippen molar-refractivity contribution >= 4 is 17.6 Å². The van der Waals surface area contributed by atoms with E-state index in [-0.39, 0.29) is 11.8 Å². The van der Waals surface area contributed by atoms with Crippen LogP contribution in [0.3, 0.4) is 0 Å². The molecule has 2 amide bonds. The third-order valence-corrected chi connectivity index (χ3v) is 4.65. The highest BCUT2D eigenvalue weighted by Gasteiger charge is 2.49. The molecule has 1 aromatic heterocycles. The SMILES string of the molecule is CCC(=O)N1CCC1(C)C(=O)Nc1cc(C2CC2)nn1C. The maximum atomic E-state index is 12.5. The van der Waals surface area contributed by atoms with Crippen LogP contribution >= 0.6 is 0 Å². The van der Waals surface area contributed by atoms with Gasteiger partial charge in [0, 0.05) is 32.0 Å². The Bertz CT molecular complexity index is 590. The molecule has 6 heteroatoms. The van der Waals surface area contributed by atoms with E-state index in [0.717, 1.165) is 5.69 Å². The molecule has 1 unspecified atom stereocenters. The summed E-state index contributed by atoms with van der Waals surface area (Å²) < 4.78 is 1.71. The molecule has 21 heavy (non-hydrogen) atoms. The third-order valence-electron chi connectivity index (χ3n) is 4.65. The summed E-state index contributed by atoms with van der Waals surface area (Å²) in [4.78, 5) is 26.1. The van der Waals surface area contributed by atoms with Gasteiger partial charge in [0.25, 0.3) is 5.91 Å². The summed E-state index contributed by atoms with van der Waals surface area (Å²) in [6.45, 7) is 4.31. The summed E-state index contributed by atoms with van der Waals surface area (Å²) in [5, 5.41) is 7.38. The minimum Gasteiger partial charge on any atom is -0.328 e. The van der Waals surface area contributed by atoms with Gasteiger partial charge >= 0.3 is 0 Å². The highest BCUT2D eigenvalue weighted by atomic mass is 16.2. The molecule has 6 nitrogen and oxygen atoms in total. The fourth-order valence-electron chi connectivity index (χ4n) is 2.82. The van der Waals surface area contributed by atoms with Crippen LogP contribution in [0.2, 0.25) is 0 Å². The zero-order valence-corrected chi connectivity index (χ0v) is 12.8. The minimum atomic E-state index is -0.725. The molecule has 2 fully saturated rings. The van der Waals surface area contributed by atoms with Gasteiger partial charge in [-0.2, -0.15) is 5.10 Å². The van der Waals surface area contributed by atoms with Gasteiger partial charge in [-0.05, 0) is 26.2 Å². The summed E-state index contributed by atoms with van der Waals surface area (Å²) in [6, 6.07) is 1.95. The number of anilines is 1. The van der Waals surface area contributed by atoms with E-state index in [4.69, 9.17) is 0 Å². The molecule has 3 rings (SSSR count). The van der Waals surface area contributed by atoms with Gasteiger partial charge in [-0.3, -0.25) is 14.3 Å². The second kappa shape index (κ2) is 4.86. The van der Waals surface area contributed by atoms with E-state index >= 15 is 0 Å². The number of nitrogens with one attached hydrogen (secondary N) is 1. The van der Waals surface area contributed by atoms with Gasteiger partial charge in [-0.15, -0.1) is 0 Å². The van der Waals surface area contributed by atoms with Crippen LogP contribution in [0.25, 0.3) is 0 Å². The molecular formula is C15H22N4O2. The van der Waals surface area contributed by atoms with Crippen LogP contribution < -0.4 is 5.32 Å². The smallest absolute Gasteiger partial charge is 0.251 e. The molecule has 1 aliphatic heterocycles. The lowest BCUT2D eigenvalue weighted by atomic mass is 9.85. The average molecular weight is 290 g/mol. The second-order valence-corrected chi connectivity index (χ2v) is 6.23. The van der Waals surface area contributed by atoms with Crippen LogP contribution in [0.4, 0.5) is 5.82 Å². The van der Waals surface area contributed by atoms with E-state index in [9.17, 15) is 9.59 Å². The average Bonchev–Trinajstić information content (AvgIpc) is 3.22. The molecule has 2 aliphatic rings. The number of nitrogens with zero attached hydrogens (tertiary/aromatic N) is 3. The van der Waals surface area contributed by atoms with Crippen molar-refractivity contribution in [1.29, 1.82) is 0 Å². The lowest BCUT2D eigenvalue weighted by molar-refractivity contribution is -0.154. The molecule has 1 atom stereocenters. The fraction of sp³-hybridized carbons (Fsp3) is 0.667. The van der Waals surface area contributed by atoms with Gasteiger partial charge < -0.3 is 10.2 Å². The normalized spacial score (nSPS) is 24.6. The number of carbonyl (C=O) groups excluding carboxylic acids is 2. The van der Waals surface area contributed by atoms with Crippen LogP contribution in [0.1, 0.15) is 51.1 Å². The van der Waals surface area contributed by atoms with Crippen molar-refractivity contribution in [2.45, 2.75) is 51.0 Å². The van der Waals surface area contributed by atoms with Crippen molar-refractivity contribution in [1.82, 2.24) is 14.7 Å². The van der Waals surface area contributed by atoms with Gasteiger partial charge in [0.15, 0.2) is 0 Å². The Morgan fingerprint density at radius 3 is 2.71 bits per heavy atom. The van der Waals surface area contributed by atoms with Gasteiger partial charge in [0.2, 0.25) is 5.91 Å². The van der Waals surface area contributed by atoms with Crippen LogP contribution in [0.15, 0.2) is 6.07 Å². The summed E-state index contributed by atoms with van der Waals surface area (Å²) >= 11 is 0. The van der Waals surface area contributed by atoms with Crippen LogP contribution in [0, 0.1) is 0 Å². The van der Waals surface area contributed by atoms with Crippen LogP contribution in [-0.2, 0) is 16.6 Å². The Hall–Kier alpha value is -1.85. The number of rotatable bonds is 4. The number of hydrogen-bond donors (Lipinski definition) is 1. The fourth-order valence-corrected chi connectivity index (χ4v) is 2.82. The first-order valence-electron chi connectivity index (χ1n) is 7.61. The number of carbonyl (C=O) groups is 2. The number of aromatic nitrogens is 2. The molecular weight excluding hydrogens is 268 g/mol. The Balaban J connectivity index is 1.72. The predicted molar refractivity (Wildman–Crippen MR) is 78.8 cm³/mol. The molecule has 2 heterocycles. The predicted octanol–water partition coefficient (Wildman–Crippen LogP) is 1.64. The van der Waals surface area contributed by atoms with Gasteiger partial charge in [0.1, 0.15) is 11.4 Å². The van der Waals surface area contributed by atoms with E-state index in [1.807, 2.05) is 27.0 Å². The molecule has 114 valence electrons. The molecule has 0 aromatic carbocycles. The number of hydrogen-bond acceptors (Lipinski definition) is 3. The molecule has 1 saturated carbocycles. The summed E-state index contributed by atoms with van der Waals surface area (Å²) in [6.07, 6.45) is 3.50. The number of amides is 2. The zero-order valence-electron chi connectivity index (χ0n) is 12.8.